The number of halogens is 5. The summed E-state index contributed by atoms with van der Waals surface area (Å²) in [4.78, 5) is 27.8. The van der Waals surface area contributed by atoms with Crippen molar-refractivity contribution in [1.82, 2.24) is 10.2 Å². The van der Waals surface area contributed by atoms with E-state index in [0.29, 0.717) is 27.5 Å². The Labute approximate surface area is 253 Å². The highest BCUT2D eigenvalue weighted by molar-refractivity contribution is 7.92. The van der Waals surface area contributed by atoms with Crippen LogP contribution in [0.3, 0.4) is 0 Å². The first-order valence-electron chi connectivity index (χ1n) is 12.9. The lowest BCUT2D eigenvalue weighted by atomic mass is 10.1. The molecule has 1 unspecified atom stereocenters. The summed E-state index contributed by atoms with van der Waals surface area (Å²) in [5, 5.41) is 2.43. The smallest absolute Gasteiger partial charge is 0.354 e. The number of carbonyl (C=O) groups is 2. The lowest BCUT2D eigenvalue weighted by Gasteiger charge is -2.32. The number of anilines is 1. The van der Waals surface area contributed by atoms with E-state index in [1.54, 1.807) is 30.3 Å². The fourth-order valence-corrected chi connectivity index (χ4v) is 5.83. The first-order valence-corrected chi connectivity index (χ1v) is 15.1. The Bertz CT molecular complexity index is 1520. The molecule has 0 spiro atoms. The van der Waals surface area contributed by atoms with Gasteiger partial charge in [-0.15, -0.1) is 0 Å². The van der Waals surface area contributed by atoms with E-state index in [1.165, 1.54) is 31.2 Å². The highest BCUT2D eigenvalue weighted by Crippen LogP contribution is 2.38. The molecule has 0 heterocycles. The second-order valence-corrected chi connectivity index (χ2v) is 12.6. The molecule has 0 fully saturated rings. The minimum atomic E-state index is -4.89. The van der Waals surface area contributed by atoms with Crippen molar-refractivity contribution >= 4 is 50.7 Å². The summed E-state index contributed by atoms with van der Waals surface area (Å²) in [5.41, 5.74) is -1.21. The summed E-state index contributed by atoms with van der Waals surface area (Å²) < 4.78 is 69.3. The summed E-state index contributed by atoms with van der Waals surface area (Å²) in [6.45, 7) is 4.52. The van der Waals surface area contributed by atoms with Crippen LogP contribution in [0.1, 0.15) is 31.9 Å². The van der Waals surface area contributed by atoms with Gasteiger partial charge in [0.2, 0.25) is 11.8 Å². The van der Waals surface area contributed by atoms with Gasteiger partial charge in [0.15, 0.2) is 0 Å². The van der Waals surface area contributed by atoms with Gasteiger partial charge in [0, 0.05) is 18.1 Å². The third-order valence-corrected chi connectivity index (χ3v) is 8.79. The molecule has 0 aromatic heterocycles. The van der Waals surface area contributed by atoms with Crippen LogP contribution in [0.25, 0.3) is 0 Å². The topological polar surface area (TPSA) is 86.8 Å². The number of nitrogens with one attached hydrogen (secondary N) is 1. The Morgan fingerprint density at radius 2 is 1.52 bits per heavy atom. The number of amides is 2. The van der Waals surface area contributed by atoms with Gasteiger partial charge in [-0.3, -0.25) is 13.9 Å². The minimum Gasteiger partial charge on any atom is -0.354 e. The average molecular weight is 645 g/mol. The number of carbonyl (C=O) groups excluding carboxylic acids is 2. The molecule has 226 valence electrons. The predicted octanol–water partition coefficient (Wildman–Crippen LogP) is 6.40. The molecule has 3 rings (SSSR count). The van der Waals surface area contributed by atoms with Gasteiger partial charge in [0.05, 0.1) is 21.2 Å². The molecular formula is C29H30Cl2F3N3O4S. The molecule has 0 aliphatic heterocycles. The van der Waals surface area contributed by atoms with E-state index >= 15 is 0 Å². The Hall–Kier alpha value is -3.28. The fraction of sp³-hybridized carbons (Fsp3) is 0.310. The molecule has 13 heteroatoms. The van der Waals surface area contributed by atoms with Crippen molar-refractivity contribution in [1.29, 1.82) is 0 Å². The maximum Gasteiger partial charge on any atom is 0.417 e. The van der Waals surface area contributed by atoms with Gasteiger partial charge in [-0.05, 0) is 54.8 Å². The Balaban J connectivity index is 2.10. The molecule has 0 bridgehead atoms. The maximum absolute atomic E-state index is 13.9. The molecule has 3 aromatic carbocycles. The number of hydrogen-bond donors (Lipinski definition) is 1. The summed E-state index contributed by atoms with van der Waals surface area (Å²) >= 11 is 12.1. The monoisotopic (exact) mass is 643 g/mol. The largest absolute Gasteiger partial charge is 0.417 e. The van der Waals surface area contributed by atoms with Gasteiger partial charge < -0.3 is 10.2 Å². The van der Waals surface area contributed by atoms with Crippen molar-refractivity contribution < 1.29 is 31.2 Å². The molecule has 7 nitrogen and oxygen atoms in total. The Kier molecular flexibility index (Phi) is 10.9. The van der Waals surface area contributed by atoms with Gasteiger partial charge in [0.1, 0.15) is 12.6 Å². The third-order valence-electron chi connectivity index (χ3n) is 6.30. The zero-order valence-electron chi connectivity index (χ0n) is 23.0. The van der Waals surface area contributed by atoms with Crippen molar-refractivity contribution in [3.63, 3.8) is 0 Å². The number of rotatable bonds is 11. The molecule has 2 amide bonds. The van der Waals surface area contributed by atoms with Crippen LogP contribution < -0.4 is 9.62 Å². The van der Waals surface area contributed by atoms with Crippen molar-refractivity contribution in [2.75, 3.05) is 17.4 Å². The maximum atomic E-state index is 13.9. The first kappa shape index (κ1) is 33.2. The van der Waals surface area contributed by atoms with Gasteiger partial charge >= 0.3 is 6.18 Å². The van der Waals surface area contributed by atoms with E-state index in [-0.39, 0.29) is 17.4 Å². The van der Waals surface area contributed by atoms with Gasteiger partial charge in [-0.25, -0.2) is 8.42 Å². The molecule has 0 saturated carbocycles. The molecule has 3 aromatic rings. The van der Waals surface area contributed by atoms with Crippen molar-refractivity contribution in [2.24, 2.45) is 5.92 Å². The number of sulfonamides is 1. The Morgan fingerprint density at radius 1 is 0.905 bits per heavy atom. The normalized spacial score (nSPS) is 12.6. The lowest BCUT2D eigenvalue weighted by Crippen LogP contribution is -2.51. The van der Waals surface area contributed by atoms with Gasteiger partial charge in [0.25, 0.3) is 10.0 Å². The van der Waals surface area contributed by atoms with Crippen molar-refractivity contribution in [2.45, 2.75) is 44.4 Å². The summed E-state index contributed by atoms with van der Waals surface area (Å²) in [6.07, 6.45) is -4.89. The van der Waals surface area contributed by atoms with E-state index in [9.17, 15) is 31.2 Å². The molecule has 1 atom stereocenters. The molecular weight excluding hydrogens is 614 g/mol. The quantitative estimate of drug-likeness (QED) is 0.262. The fourth-order valence-electron chi connectivity index (χ4n) is 3.98. The molecule has 1 N–H and O–H groups in total. The number of hydrogen-bond acceptors (Lipinski definition) is 4. The van der Waals surface area contributed by atoms with E-state index < -0.39 is 56.9 Å². The zero-order valence-corrected chi connectivity index (χ0v) is 25.4. The van der Waals surface area contributed by atoms with Crippen LogP contribution in [-0.2, 0) is 32.3 Å². The molecule has 42 heavy (non-hydrogen) atoms. The second kappa shape index (κ2) is 13.8. The van der Waals surface area contributed by atoms with Crippen LogP contribution >= 0.6 is 23.2 Å². The average Bonchev–Trinajstić information content (AvgIpc) is 2.93. The number of nitrogens with zero attached hydrogens (tertiary/aromatic N) is 2. The van der Waals surface area contributed by atoms with E-state index in [0.717, 1.165) is 17.0 Å². The SMILES string of the molecule is CC(C)CNC(=O)C(C)N(Cc1ccccc1Cl)C(=O)CN(c1ccc(Cl)c(C(F)(F)F)c1)S(=O)(=O)c1ccccc1. The van der Waals surface area contributed by atoms with Crippen LogP contribution in [0.2, 0.25) is 10.0 Å². The van der Waals surface area contributed by atoms with Crippen LogP contribution in [0.4, 0.5) is 18.9 Å². The van der Waals surface area contributed by atoms with E-state index in [4.69, 9.17) is 23.2 Å². The van der Waals surface area contributed by atoms with Gasteiger partial charge in [-0.1, -0.05) is 73.4 Å². The second-order valence-electron chi connectivity index (χ2n) is 9.91. The highest BCUT2D eigenvalue weighted by Gasteiger charge is 2.37. The molecule has 0 aliphatic carbocycles. The van der Waals surface area contributed by atoms with Gasteiger partial charge in [-0.2, -0.15) is 13.2 Å². The summed E-state index contributed by atoms with van der Waals surface area (Å²) in [5.74, 6) is -1.22. The van der Waals surface area contributed by atoms with E-state index in [1.807, 2.05) is 13.8 Å². The Morgan fingerprint density at radius 3 is 2.12 bits per heavy atom. The van der Waals surface area contributed by atoms with Crippen molar-refractivity contribution in [3.05, 3.63) is 94.0 Å². The van der Waals surface area contributed by atoms with Crippen molar-refractivity contribution in [3.8, 4) is 0 Å². The standard InChI is InChI=1S/C29H30Cl2F3N3O4S/c1-19(2)16-35-28(39)20(3)36(17-21-9-7-8-12-25(21)30)27(38)18-37(42(40,41)23-10-5-4-6-11-23)22-13-14-26(31)24(15-22)29(32,33)34/h4-15,19-20H,16-18H2,1-3H3,(H,35,39). The van der Waals surface area contributed by atoms with Crippen LogP contribution in [-0.4, -0.2) is 44.3 Å². The van der Waals surface area contributed by atoms with Crippen LogP contribution in [0.5, 0.6) is 0 Å². The molecule has 0 saturated heterocycles. The zero-order chi connectivity index (χ0) is 31.2. The molecule has 0 radical (unpaired) electrons. The van der Waals surface area contributed by atoms with E-state index in [2.05, 4.69) is 5.32 Å². The third kappa shape index (κ3) is 8.17. The number of alkyl halides is 3. The first-order chi connectivity index (χ1) is 19.6. The minimum absolute atomic E-state index is 0.119. The lowest BCUT2D eigenvalue weighted by molar-refractivity contribution is -0.139. The van der Waals surface area contributed by atoms with Crippen LogP contribution in [0.15, 0.2) is 77.7 Å². The highest BCUT2D eigenvalue weighted by atomic mass is 35.5. The summed E-state index contributed by atoms with van der Waals surface area (Å²) in [7, 11) is -4.56. The van der Waals surface area contributed by atoms with Crippen LogP contribution in [0, 0.1) is 5.92 Å². The summed E-state index contributed by atoms with van der Waals surface area (Å²) in [6, 6.07) is 15.1. The predicted molar refractivity (Wildman–Crippen MR) is 157 cm³/mol. The molecule has 0 aliphatic rings. The number of benzene rings is 3.